The van der Waals surface area contributed by atoms with Crippen LogP contribution in [-0.2, 0) is 0 Å². The molecule has 7 nitrogen and oxygen atoms in total. The van der Waals surface area contributed by atoms with Crippen molar-refractivity contribution in [2.45, 2.75) is 6.92 Å². The van der Waals surface area contributed by atoms with Crippen LogP contribution >= 0.6 is 35.6 Å². The number of amides is 1. The predicted molar refractivity (Wildman–Crippen MR) is 133 cm³/mol. The minimum absolute atomic E-state index is 0. The summed E-state index contributed by atoms with van der Waals surface area (Å²) in [6.45, 7) is 7.33. The van der Waals surface area contributed by atoms with Gasteiger partial charge in [0.05, 0.1) is 17.1 Å². The van der Waals surface area contributed by atoms with Crippen molar-refractivity contribution in [2.75, 3.05) is 50.7 Å². The number of carbonyl (C=O) groups is 1. The molecule has 2 N–H and O–H groups in total. The van der Waals surface area contributed by atoms with E-state index in [-0.39, 0.29) is 29.9 Å². The number of nitrogens with one attached hydrogen (secondary N) is 2. The van der Waals surface area contributed by atoms with E-state index in [2.05, 4.69) is 37.3 Å². The highest BCUT2D eigenvalue weighted by Gasteiger charge is 2.20. The summed E-state index contributed by atoms with van der Waals surface area (Å²) >= 11 is 6.07. The van der Waals surface area contributed by atoms with Crippen molar-refractivity contribution < 1.29 is 4.79 Å². The fourth-order valence-corrected chi connectivity index (χ4v) is 3.41. The van der Waals surface area contributed by atoms with E-state index in [0.29, 0.717) is 23.7 Å². The van der Waals surface area contributed by atoms with Gasteiger partial charge in [-0.25, -0.2) is 4.98 Å². The fourth-order valence-electron chi connectivity index (χ4n) is 3.19. The van der Waals surface area contributed by atoms with Crippen LogP contribution in [0.5, 0.6) is 0 Å². The van der Waals surface area contributed by atoms with Gasteiger partial charge < -0.3 is 20.4 Å². The Balaban J connectivity index is 0.00000320. The molecular formula is C21H28ClIN6O. The Bertz CT molecular complexity index is 827. The van der Waals surface area contributed by atoms with E-state index in [9.17, 15) is 4.79 Å². The summed E-state index contributed by atoms with van der Waals surface area (Å²) in [6, 6.07) is 13.0. The number of piperazine rings is 1. The number of aliphatic imine (C=N–C) groups is 1. The number of benzene rings is 1. The molecule has 2 aromatic rings. The Hall–Kier alpha value is -2.07. The molecule has 3 rings (SSSR count). The first-order chi connectivity index (χ1) is 14.2. The predicted octanol–water partition coefficient (Wildman–Crippen LogP) is 2.87. The molecule has 1 aliphatic heterocycles. The van der Waals surface area contributed by atoms with Crippen LogP contribution in [0.15, 0.2) is 53.7 Å². The molecule has 0 bridgehead atoms. The van der Waals surface area contributed by atoms with E-state index in [1.165, 1.54) is 0 Å². The maximum atomic E-state index is 12.2. The van der Waals surface area contributed by atoms with Gasteiger partial charge in [-0.05, 0) is 31.2 Å². The van der Waals surface area contributed by atoms with Gasteiger partial charge in [-0.3, -0.25) is 9.79 Å². The molecule has 1 aromatic heterocycles. The second kappa shape index (κ2) is 12.6. The molecule has 1 amide bonds. The van der Waals surface area contributed by atoms with E-state index >= 15 is 0 Å². The Kier molecular flexibility index (Phi) is 10.2. The van der Waals surface area contributed by atoms with Gasteiger partial charge in [0.1, 0.15) is 5.82 Å². The summed E-state index contributed by atoms with van der Waals surface area (Å²) in [5, 5.41) is 6.67. The monoisotopic (exact) mass is 542 g/mol. The molecular weight excluding hydrogens is 515 g/mol. The molecule has 1 saturated heterocycles. The zero-order valence-electron chi connectivity index (χ0n) is 17.1. The number of nitrogens with zero attached hydrogens (tertiary/aromatic N) is 4. The first-order valence-corrected chi connectivity index (χ1v) is 10.3. The number of guanidine groups is 1. The van der Waals surface area contributed by atoms with E-state index in [4.69, 9.17) is 11.6 Å². The van der Waals surface area contributed by atoms with Gasteiger partial charge in [-0.1, -0.05) is 29.8 Å². The highest BCUT2D eigenvalue weighted by Crippen LogP contribution is 2.14. The van der Waals surface area contributed by atoms with Crippen LogP contribution in [-0.4, -0.2) is 67.6 Å². The average Bonchev–Trinajstić information content (AvgIpc) is 2.77. The number of rotatable bonds is 6. The second-order valence-corrected chi connectivity index (χ2v) is 7.04. The zero-order chi connectivity index (χ0) is 20.5. The third kappa shape index (κ3) is 6.73. The first kappa shape index (κ1) is 24.2. The number of halogens is 2. The number of hydrogen-bond donors (Lipinski definition) is 2. The lowest BCUT2D eigenvalue weighted by Crippen LogP contribution is -2.52. The van der Waals surface area contributed by atoms with Crippen molar-refractivity contribution in [1.82, 2.24) is 20.5 Å². The summed E-state index contributed by atoms with van der Waals surface area (Å²) in [5.74, 6) is 1.70. The molecule has 30 heavy (non-hydrogen) atoms. The second-order valence-electron chi connectivity index (χ2n) is 6.63. The molecule has 0 saturated carbocycles. The minimum Gasteiger partial charge on any atom is -0.357 e. The maximum Gasteiger partial charge on any atom is 0.252 e. The van der Waals surface area contributed by atoms with Crippen LogP contribution < -0.4 is 15.5 Å². The standard InChI is InChI=1S/C21H27ClN6O.HI/c1-2-23-21(26-12-11-25-20(29)17-7-3-4-8-18(17)22)28-15-13-27(14-16-28)19-9-5-6-10-24-19;/h3-10H,2,11-16H2,1H3,(H,23,26)(H,25,29);1H. The quantitative estimate of drug-likeness (QED) is 0.254. The van der Waals surface area contributed by atoms with Crippen molar-refractivity contribution in [2.24, 2.45) is 4.99 Å². The van der Waals surface area contributed by atoms with Gasteiger partial charge in [0.25, 0.3) is 5.91 Å². The van der Waals surface area contributed by atoms with Crippen LogP contribution in [0.1, 0.15) is 17.3 Å². The number of pyridine rings is 1. The Morgan fingerprint density at radius 1 is 1.10 bits per heavy atom. The molecule has 0 aliphatic carbocycles. The summed E-state index contributed by atoms with van der Waals surface area (Å²) in [5.41, 5.74) is 0.482. The Morgan fingerprint density at radius 2 is 1.83 bits per heavy atom. The molecule has 1 aliphatic rings. The van der Waals surface area contributed by atoms with Crippen molar-refractivity contribution in [1.29, 1.82) is 0 Å². The molecule has 0 radical (unpaired) electrons. The lowest BCUT2D eigenvalue weighted by Gasteiger charge is -2.37. The van der Waals surface area contributed by atoms with E-state index in [0.717, 1.165) is 44.5 Å². The van der Waals surface area contributed by atoms with Crippen molar-refractivity contribution in [3.63, 3.8) is 0 Å². The average molecular weight is 543 g/mol. The van der Waals surface area contributed by atoms with E-state index in [1.54, 1.807) is 24.3 Å². The fraction of sp³-hybridized carbons (Fsp3) is 0.381. The van der Waals surface area contributed by atoms with Gasteiger partial charge in [-0.2, -0.15) is 0 Å². The minimum atomic E-state index is -0.181. The molecule has 0 atom stereocenters. The third-order valence-corrected chi connectivity index (χ3v) is 4.99. The summed E-state index contributed by atoms with van der Waals surface area (Å²) in [4.78, 5) is 25.9. The summed E-state index contributed by atoms with van der Waals surface area (Å²) < 4.78 is 0. The van der Waals surface area contributed by atoms with Gasteiger partial charge in [0.15, 0.2) is 5.96 Å². The van der Waals surface area contributed by atoms with Crippen LogP contribution in [0.4, 0.5) is 5.82 Å². The Morgan fingerprint density at radius 3 is 2.50 bits per heavy atom. The SMILES string of the molecule is CCNC(=NCCNC(=O)c1ccccc1Cl)N1CCN(c2ccccn2)CC1.I. The lowest BCUT2D eigenvalue weighted by atomic mass is 10.2. The Labute approximate surface area is 199 Å². The molecule has 0 spiro atoms. The summed E-state index contributed by atoms with van der Waals surface area (Å²) in [7, 11) is 0. The number of anilines is 1. The molecule has 1 aromatic carbocycles. The van der Waals surface area contributed by atoms with Gasteiger partial charge >= 0.3 is 0 Å². The van der Waals surface area contributed by atoms with Crippen LogP contribution in [0.25, 0.3) is 0 Å². The number of carbonyl (C=O) groups excluding carboxylic acids is 1. The highest BCUT2D eigenvalue weighted by molar-refractivity contribution is 14.0. The van der Waals surface area contributed by atoms with Crippen molar-refractivity contribution >= 4 is 53.3 Å². The molecule has 2 heterocycles. The molecule has 9 heteroatoms. The normalized spacial score (nSPS) is 14.1. The molecule has 162 valence electrons. The maximum absolute atomic E-state index is 12.2. The number of aromatic nitrogens is 1. The zero-order valence-corrected chi connectivity index (χ0v) is 20.1. The molecule has 0 unspecified atom stereocenters. The van der Waals surface area contributed by atoms with Gasteiger partial charge in [0, 0.05) is 45.5 Å². The molecule has 1 fully saturated rings. The van der Waals surface area contributed by atoms with Crippen molar-refractivity contribution in [3.8, 4) is 0 Å². The van der Waals surface area contributed by atoms with Gasteiger partial charge in [-0.15, -0.1) is 24.0 Å². The smallest absolute Gasteiger partial charge is 0.252 e. The van der Waals surface area contributed by atoms with E-state index in [1.807, 2.05) is 24.4 Å². The topological polar surface area (TPSA) is 72.9 Å². The largest absolute Gasteiger partial charge is 0.357 e. The highest BCUT2D eigenvalue weighted by atomic mass is 127. The number of hydrogen-bond acceptors (Lipinski definition) is 4. The van der Waals surface area contributed by atoms with Crippen LogP contribution in [0.2, 0.25) is 5.02 Å². The lowest BCUT2D eigenvalue weighted by molar-refractivity contribution is 0.0955. The third-order valence-electron chi connectivity index (χ3n) is 4.66. The first-order valence-electron chi connectivity index (χ1n) is 9.91. The van der Waals surface area contributed by atoms with Gasteiger partial charge in [0.2, 0.25) is 0 Å². The van der Waals surface area contributed by atoms with Crippen LogP contribution in [0.3, 0.4) is 0 Å². The van der Waals surface area contributed by atoms with Crippen molar-refractivity contribution in [3.05, 3.63) is 59.2 Å². The summed E-state index contributed by atoms with van der Waals surface area (Å²) in [6.07, 6.45) is 1.82. The van der Waals surface area contributed by atoms with Crippen LogP contribution in [0, 0.1) is 0 Å². The van der Waals surface area contributed by atoms with E-state index < -0.39 is 0 Å².